The van der Waals surface area contributed by atoms with Crippen molar-refractivity contribution in [3.8, 4) is 0 Å². The highest BCUT2D eigenvalue weighted by atomic mass is 35.5. The number of rotatable bonds is 5. The van der Waals surface area contributed by atoms with E-state index >= 15 is 0 Å². The fourth-order valence-corrected chi connectivity index (χ4v) is 2.37. The predicted molar refractivity (Wildman–Crippen MR) is 87.8 cm³/mol. The van der Waals surface area contributed by atoms with Gasteiger partial charge in [-0.1, -0.05) is 48.0 Å². The summed E-state index contributed by atoms with van der Waals surface area (Å²) < 4.78 is 13.2. The lowest BCUT2D eigenvalue weighted by Gasteiger charge is -2.20. The van der Waals surface area contributed by atoms with Crippen LogP contribution in [0.15, 0.2) is 48.5 Å². The maximum absolute atomic E-state index is 13.2. The van der Waals surface area contributed by atoms with Gasteiger partial charge in [-0.25, -0.2) is 9.18 Å². The van der Waals surface area contributed by atoms with Crippen LogP contribution < -0.4 is 10.6 Å². The molecule has 0 spiro atoms. The molecular weight excluding hydrogens is 319 g/mol. The maximum atomic E-state index is 13.2. The van der Waals surface area contributed by atoms with Gasteiger partial charge in [0.1, 0.15) is 5.82 Å². The number of amides is 2. The van der Waals surface area contributed by atoms with Crippen molar-refractivity contribution in [3.63, 3.8) is 0 Å². The molecule has 0 aliphatic carbocycles. The highest BCUT2D eigenvalue weighted by molar-refractivity contribution is 6.30. The number of carbonyl (C=O) groups excluding carboxylic acids is 1. The van der Waals surface area contributed by atoms with E-state index in [1.807, 2.05) is 30.3 Å². The molecule has 122 valence electrons. The molecule has 0 fully saturated rings. The van der Waals surface area contributed by atoms with Gasteiger partial charge in [0.25, 0.3) is 0 Å². The molecule has 2 atom stereocenters. The Balaban J connectivity index is 1.99. The number of carbonyl (C=O) groups is 1. The number of halogens is 2. The minimum absolute atomic E-state index is 0.00841. The van der Waals surface area contributed by atoms with Crippen LogP contribution in [0.1, 0.15) is 30.1 Å². The van der Waals surface area contributed by atoms with E-state index in [0.717, 1.165) is 5.56 Å². The number of urea groups is 1. The first-order valence-corrected chi connectivity index (χ1v) is 7.57. The van der Waals surface area contributed by atoms with E-state index < -0.39 is 17.9 Å². The van der Waals surface area contributed by atoms with E-state index in [1.165, 1.54) is 12.1 Å². The zero-order valence-corrected chi connectivity index (χ0v) is 13.3. The van der Waals surface area contributed by atoms with Crippen LogP contribution in [-0.4, -0.2) is 17.7 Å². The van der Waals surface area contributed by atoms with Crippen LogP contribution >= 0.6 is 11.6 Å². The van der Waals surface area contributed by atoms with Crippen molar-refractivity contribution in [2.75, 3.05) is 6.61 Å². The standard InChI is InChI=1S/C17H18ClFN2O2/c1-11(13-7-8-15(19)14(18)9-13)20-17(23)21-16(10-22)12-5-3-2-4-6-12/h2-9,11,16,22H,10H2,1H3,(H2,20,21,23). The Morgan fingerprint density at radius 2 is 1.87 bits per heavy atom. The molecule has 2 unspecified atom stereocenters. The summed E-state index contributed by atoms with van der Waals surface area (Å²) in [7, 11) is 0. The van der Waals surface area contributed by atoms with Gasteiger partial charge >= 0.3 is 6.03 Å². The van der Waals surface area contributed by atoms with Crippen molar-refractivity contribution < 1.29 is 14.3 Å². The number of nitrogens with one attached hydrogen (secondary N) is 2. The van der Waals surface area contributed by atoms with E-state index in [2.05, 4.69) is 10.6 Å². The molecule has 0 saturated carbocycles. The minimum atomic E-state index is -0.503. The molecule has 0 saturated heterocycles. The van der Waals surface area contributed by atoms with Gasteiger partial charge in [-0.05, 0) is 30.2 Å². The van der Waals surface area contributed by atoms with Gasteiger partial charge in [-0.2, -0.15) is 0 Å². The third kappa shape index (κ3) is 4.68. The smallest absolute Gasteiger partial charge is 0.315 e. The zero-order valence-electron chi connectivity index (χ0n) is 12.6. The molecule has 2 aromatic rings. The lowest BCUT2D eigenvalue weighted by atomic mass is 10.1. The monoisotopic (exact) mass is 336 g/mol. The van der Waals surface area contributed by atoms with Crippen LogP contribution in [0.4, 0.5) is 9.18 Å². The molecule has 0 heterocycles. The van der Waals surface area contributed by atoms with Gasteiger partial charge in [0.15, 0.2) is 0 Å². The average Bonchev–Trinajstić information content (AvgIpc) is 2.55. The molecule has 0 radical (unpaired) electrons. The van der Waals surface area contributed by atoms with Crippen molar-refractivity contribution in [1.29, 1.82) is 0 Å². The average molecular weight is 337 g/mol. The summed E-state index contributed by atoms with van der Waals surface area (Å²) in [5, 5.41) is 14.9. The van der Waals surface area contributed by atoms with E-state index in [0.29, 0.717) is 5.56 Å². The van der Waals surface area contributed by atoms with Crippen LogP contribution in [0, 0.1) is 5.82 Å². The minimum Gasteiger partial charge on any atom is -0.394 e. The fraction of sp³-hybridized carbons (Fsp3) is 0.235. The van der Waals surface area contributed by atoms with Gasteiger partial charge in [0.2, 0.25) is 0 Å². The van der Waals surface area contributed by atoms with Crippen LogP contribution in [0.25, 0.3) is 0 Å². The predicted octanol–water partition coefficient (Wildman–Crippen LogP) is 3.57. The third-order valence-corrected chi connectivity index (χ3v) is 3.77. The molecule has 0 aliphatic heterocycles. The van der Waals surface area contributed by atoms with Crippen molar-refractivity contribution in [2.45, 2.75) is 19.0 Å². The first kappa shape index (κ1) is 17.2. The number of aliphatic hydroxyl groups is 1. The SMILES string of the molecule is CC(NC(=O)NC(CO)c1ccccc1)c1ccc(F)c(Cl)c1. The molecule has 0 aliphatic rings. The van der Waals surface area contributed by atoms with Gasteiger partial charge in [0, 0.05) is 0 Å². The summed E-state index contributed by atoms with van der Waals surface area (Å²) in [6.07, 6.45) is 0. The van der Waals surface area contributed by atoms with Crippen LogP contribution in [0.3, 0.4) is 0 Å². The van der Waals surface area contributed by atoms with E-state index in [9.17, 15) is 14.3 Å². The zero-order chi connectivity index (χ0) is 16.8. The van der Waals surface area contributed by atoms with Crippen molar-refractivity contribution in [3.05, 3.63) is 70.5 Å². The summed E-state index contributed by atoms with van der Waals surface area (Å²) in [5.74, 6) is -0.503. The Morgan fingerprint density at radius 3 is 2.48 bits per heavy atom. The summed E-state index contributed by atoms with van der Waals surface area (Å²) in [4.78, 5) is 12.1. The lowest BCUT2D eigenvalue weighted by Crippen LogP contribution is -2.40. The Kier molecular flexibility index (Phi) is 5.96. The van der Waals surface area contributed by atoms with E-state index in [4.69, 9.17) is 11.6 Å². The van der Waals surface area contributed by atoms with Crippen LogP contribution in [-0.2, 0) is 0 Å². The van der Waals surface area contributed by atoms with Gasteiger partial charge in [0.05, 0.1) is 23.7 Å². The summed E-state index contributed by atoms with van der Waals surface area (Å²) >= 11 is 5.74. The van der Waals surface area contributed by atoms with Crippen LogP contribution in [0.5, 0.6) is 0 Å². The Hall–Kier alpha value is -2.11. The molecule has 0 aromatic heterocycles. The second-order valence-electron chi connectivity index (χ2n) is 5.16. The van der Waals surface area contributed by atoms with Gasteiger partial charge in [-0.3, -0.25) is 0 Å². The summed E-state index contributed by atoms with van der Waals surface area (Å²) in [6, 6.07) is 12.2. The molecule has 6 heteroatoms. The summed E-state index contributed by atoms with van der Waals surface area (Å²) in [5.41, 5.74) is 1.49. The second-order valence-corrected chi connectivity index (χ2v) is 5.57. The highest BCUT2D eigenvalue weighted by Gasteiger charge is 2.16. The largest absolute Gasteiger partial charge is 0.394 e. The Labute approximate surface area is 139 Å². The first-order valence-electron chi connectivity index (χ1n) is 7.19. The molecule has 2 aromatic carbocycles. The molecule has 2 amide bonds. The maximum Gasteiger partial charge on any atom is 0.315 e. The van der Waals surface area contributed by atoms with Crippen molar-refractivity contribution >= 4 is 17.6 Å². The quantitative estimate of drug-likeness (QED) is 0.781. The lowest BCUT2D eigenvalue weighted by molar-refractivity contribution is 0.214. The molecule has 0 bridgehead atoms. The van der Waals surface area contributed by atoms with E-state index in [-0.39, 0.29) is 17.7 Å². The topological polar surface area (TPSA) is 61.4 Å². The molecule has 2 rings (SSSR count). The highest BCUT2D eigenvalue weighted by Crippen LogP contribution is 2.20. The molecule has 3 N–H and O–H groups in total. The first-order chi connectivity index (χ1) is 11.0. The van der Waals surface area contributed by atoms with Crippen LogP contribution in [0.2, 0.25) is 5.02 Å². The van der Waals surface area contributed by atoms with Crippen molar-refractivity contribution in [2.24, 2.45) is 0 Å². The van der Waals surface area contributed by atoms with E-state index in [1.54, 1.807) is 13.0 Å². The Morgan fingerprint density at radius 1 is 1.17 bits per heavy atom. The Bertz CT molecular complexity index is 667. The number of benzene rings is 2. The second kappa shape index (κ2) is 7.94. The van der Waals surface area contributed by atoms with Crippen molar-refractivity contribution in [1.82, 2.24) is 10.6 Å². The fourth-order valence-electron chi connectivity index (χ4n) is 2.18. The van der Waals surface area contributed by atoms with Gasteiger partial charge < -0.3 is 15.7 Å². The molecule has 23 heavy (non-hydrogen) atoms. The number of hydrogen-bond donors (Lipinski definition) is 3. The molecule has 4 nitrogen and oxygen atoms in total. The normalized spacial score (nSPS) is 13.2. The third-order valence-electron chi connectivity index (χ3n) is 3.48. The van der Waals surface area contributed by atoms with Gasteiger partial charge in [-0.15, -0.1) is 0 Å². The summed E-state index contributed by atoms with van der Waals surface area (Å²) in [6.45, 7) is 1.55. The number of aliphatic hydroxyl groups excluding tert-OH is 1. The molecular formula is C17H18ClFN2O2. The number of hydrogen-bond acceptors (Lipinski definition) is 2.